The van der Waals surface area contributed by atoms with Crippen LogP contribution in [-0.2, 0) is 16.0 Å². The molecule has 7 heteroatoms. The first-order valence-electron chi connectivity index (χ1n) is 6.21. The second kappa shape index (κ2) is 5.09. The van der Waals surface area contributed by atoms with Crippen molar-refractivity contribution in [2.75, 3.05) is 24.4 Å². The minimum absolute atomic E-state index is 0.0376. The molecule has 0 saturated carbocycles. The zero-order valence-corrected chi connectivity index (χ0v) is 11.6. The number of methoxy groups -OCH3 is 1. The third-order valence-electron chi connectivity index (χ3n) is 3.02. The number of benzene rings is 1. The molecule has 1 aromatic carbocycles. The highest BCUT2D eigenvalue weighted by Gasteiger charge is 2.27. The maximum Gasteiger partial charge on any atom is 0.292 e. The molecule has 1 aliphatic rings. The van der Waals surface area contributed by atoms with Gasteiger partial charge in [-0.3, -0.25) is 14.9 Å². The van der Waals surface area contributed by atoms with Crippen LogP contribution in [0.15, 0.2) is 12.1 Å². The van der Waals surface area contributed by atoms with Gasteiger partial charge < -0.3 is 15.4 Å². The molecule has 1 heterocycles. The minimum Gasteiger partial charge on any atom is -0.382 e. The third-order valence-corrected chi connectivity index (χ3v) is 3.02. The van der Waals surface area contributed by atoms with Gasteiger partial charge in [-0.05, 0) is 25.5 Å². The molecule has 1 aromatic rings. The Hall–Kier alpha value is -2.15. The summed E-state index contributed by atoms with van der Waals surface area (Å²) in [4.78, 5) is 22.1. The van der Waals surface area contributed by atoms with Gasteiger partial charge in [0.1, 0.15) is 5.69 Å². The molecular weight excluding hydrogens is 262 g/mol. The molecule has 2 N–H and O–H groups in total. The second-order valence-corrected chi connectivity index (χ2v) is 5.45. The molecule has 2 rings (SSSR count). The fourth-order valence-electron chi connectivity index (χ4n) is 2.27. The molecule has 0 atom stereocenters. The Labute approximate surface area is 116 Å². The van der Waals surface area contributed by atoms with Crippen molar-refractivity contribution in [1.29, 1.82) is 0 Å². The molecule has 0 aliphatic carbocycles. The number of fused-ring (bicyclic) bond motifs is 1. The maximum absolute atomic E-state index is 11.4. The number of nitrogens with one attached hydrogen (secondary N) is 2. The number of rotatable bonds is 5. The average Bonchev–Trinajstić information content (AvgIpc) is 2.66. The van der Waals surface area contributed by atoms with Crippen molar-refractivity contribution in [2.24, 2.45) is 0 Å². The molecule has 1 aliphatic heterocycles. The number of nitrogens with zero attached hydrogens (tertiary/aromatic N) is 1. The number of amides is 1. The van der Waals surface area contributed by atoms with Crippen LogP contribution in [0.25, 0.3) is 0 Å². The van der Waals surface area contributed by atoms with Gasteiger partial charge in [-0.25, -0.2) is 0 Å². The fourth-order valence-corrected chi connectivity index (χ4v) is 2.27. The molecule has 0 aromatic heterocycles. The Morgan fingerprint density at radius 1 is 1.50 bits per heavy atom. The van der Waals surface area contributed by atoms with E-state index in [0.29, 0.717) is 23.5 Å². The number of carbonyl (C=O) groups excluding carboxylic acids is 1. The van der Waals surface area contributed by atoms with Crippen molar-refractivity contribution >= 4 is 23.0 Å². The molecule has 0 bridgehead atoms. The summed E-state index contributed by atoms with van der Waals surface area (Å²) >= 11 is 0. The lowest BCUT2D eigenvalue weighted by molar-refractivity contribution is -0.384. The molecule has 0 saturated heterocycles. The Bertz CT molecular complexity index is 569. The number of hydrogen-bond donors (Lipinski definition) is 2. The van der Waals surface area contributed by atoms with Crippen molar-refractivity contribution in [3.8, 4) is 0 Å². The van der Waals surface area contributed by atoms with E-state index in [1.54, 1.807) is 13.2 Å². The van der Waals surface area contributed by atoms with Crippen molar-refractivity contribution < 1.29 is 14.5 Å². The van der Waals surface area contributed by atoms with Crippen molar-refractivity contribution in [1.82, 2.24) is 0 Å². The number of anilines is 2. The first-order chi connectivity index (χ1) is 9.32. The molecule has 1 amide bonds. The first kappa shape index (κ1) is 14.3. The lowest BCUT2D eigenvalue weighted by Gasteiger charge is -2.26. The van der Waals surface area contributed by atoms with E-state index in [4.69, 9.17) is 4.74 Å². The van der Waals surface area contributed by atoms with Crippen LogP contribution in [0.5, 0.6) is 0 Å². The van der Waals surface area contributed by atoms with Crippen LogP contribution in [-0.4, -0.2) is 30.1 Å². The fraction of sp³-hybridized carbons (Fsp3) is 0.462. The molecule has 7 nitrogen and oxygen atoms in total. The highest BCUT2D eigenvalue weighted by Crippen LogP contribution is 2.35. The van der Waals surface area contributed by atoms with E-state index in [0.717, 1.165) is 0 Å². The Morgan fingerprint density at radius 2 is 2.20 bits per heavy atom. The van der Waals surface area contributed by atoms with Gasteiger partial charge in [0, 0.05) is 18.9 Å². The summed E-state index contributed by atoms with van der Waals surface area (Å²) in [5.74, 6) is -0.150. The van der Waals surface area contributed by atoms with Gasteiger partial charge in [0.05, 0.1) is 23.5 Å². The largest absolute Gasteiger partial charge is 0.382 e. The number of ether oxygens (including phenoxy) is 1. The quantitative estimate of drug-likeness (QED) is 0.634. The van der Waals surface area contributed by atoms with E-state index >= 15 is 0 Å². The van der Waals surface area contributed by atoms with Gasteiger partial charge in [-0.1, -0.05) is 0 Å². The van der Waals surface area contributed by atoms with Crippen molar-refractivity contribution in [3.63, 3.8) is 0 Å². The molecule has 0 fully saturated rings. The zero-order valence-electron chi connectivity index (χ0n) is 11.6. The Morgan fingerprint density at radius 3 is 2.80 bits per heavy atom. The van der Waals surface area contributed by atoms with Gasteiger partial charge >= 0.3 is 0 Å². The SMILES string of the molecule is COCC(C)(C)Nc1cc2c(cc1[N+](=O)[O-])CC(=O)N2. The summed E-state index contributed by atoms with van der Waals surface area (Å²) in [5.41, 5.74) is 1.15. The maximum atomic E-state index is 11.4. The van der Waals surface area contributed by atoms with Crippen LogP contribution in [0, 0.1) is 10.1 Å². The van der Waals surface area contributed by atoms with Crippen LogP contribution < -0.4 is 10.6 Å². The van der Waals surface area contributed by atoms with Crippen LogP contribution >= 0.6 is 0 Å². The van der Waals surface area contributed by atoms with Gasteiger partial charge in [0.15, 0.2) is 0 Å². The molecule has 0 radical (unpaired) electrons. The molecule has 0 unspecified atom stereocenters. The van der Waals surface area contributed by atoms with Gasteiger partial charge in [0.2, 0.25) is 5.91 Å². The Kier molecular flexibility index (Phi) is 3.63. The van der Waals surface area contributed by atoms with Gasteiger partial charge in [0.25, 0.3) is 5.69 Å². The summed E-state index contributed by atoms with van der Waals surface area (Å²) in [5, 5.41) is 17.0. The average molecular weight is 279 g/mol. The van der Waals surface area contributed by atoms with E-state index in [2.05, 4.69) is 10.6 Å². The smallest absolute Gasteiger partial charge is 0.292 e. The summed E-state index contributed by atoms with van der Waals surface area (Å²) in [6, 6.07) is 3.05. The van der Waals surface area contributed by atoms with Crippen LogP contribution in [0.4, 0.5) is 17.1 Å². The lowest BCUT2D eigenvalue weighted by atomic mass is 10.0. The summed E-state index contributed by atoms with van der Waals surface area (Å²) in [6.45, 7) is 4.16. The van der Waals surface area contributed by atoms with Crippen LogP contribution in [0.3, 0.4) is 0 Å². The normalized spacial score (nSPS) is 13.8. The summed E-state index contributed by atoms with van der Waals surface area (Å²) in [7, 11) is 1.57. The second-order valence-electron chi connectivity index (χ2n) is 5.45. The van der Waals surface area contributed by atoms with Gasteiger partial charge in [-0.15, -0.1) is 0 Å². The third kappa shape index (κ3) is 2.88. The predicted octanol–water partition coefficient (Wildman–Crippen LogP) is 1.93. The Balaban J connectivity index is 2.39. The summed E-state index contributed by atoms with van der Waals surface area (Å²) in [6.07, 6.45) is 0.178. The lowest BCUT2D eigenvalue weighted by Crippen LogP contribution is -2.36. The highest BCUT2D eigenvalue weighted by molar-refractivity contribution is 6.00. The molecule has 20 heavy (non-hydrogen) atoms. The van der Waals surface area contributed by atoms with E-state index in [1.807, 2.05) is 13.8 Å². The predicted molar refractivity (Wildman–Crippen MR) is 75.0 cm³/mol. The summed E-state index contributed by atoms with van der Waals surface area (Å²) < 4.78 is 5.09. The van der Waals surface area contributed by atoms with E-state index in [1.165, 1.54) is 6.07 Å². The van der Waals surface area contributed by atoms with Crippen molar-refractivity contribution in [2.45, 2.75) is 25.8 Å². The van der Waals surface area contributed by atoms with E-state index in [-0.39, 0.29) is 18.0 Å². The minimum atomic E-state index is -0.462. The zero-order chi connectivity index (χ0) is 14.9. The number of nitro groups is 1. The number of carbonyl (C=O) groups is 1. The van der Waals surface area contributed by atoms with Crippen molar-refractivity contribution in [3.05, 3.63) is 27.8 Å². The standard InChI is InChI=1S/C13H17N3O4/c1-13(2,7-20-3)15-10-6-9-8(5-12(17)14-9)4-11(10)16(18)19/h4,6,15H,5,7H2,1-3H3,(H,14,17). The topological polar surface area (TPSA) is 93.5 Å². The molecule has 0 spiro atoms. The van der Waals surface area contributed by atoms with Crippen LogP contribution in [0.2, 0.25) is 0 Å². The van der Waals surface area contributed by atoms with E-state index < -0.39 is 10.5 Å². The molecular formula is C13H17N3O4. The highest BCUT2D eigenvalue weighted by atomic mass is 16.6. The number of hydrogen-bond acceptors (Lipinski definition) is 5. The van der Waals surface area contributed by atoms with Gasteiger partial charge in [-0.2, -0.15) is 0 Å². The molecule has 108 valence electrons. The number of nitro benzene ring substituents is 1. The first-order valence-corrected chi connectivity index (χ1v) is 6.21. The monoisotopic (exact) mass is 279 g/mol. The van der Waals surface area contributed by atoms with Crippen LogP contribution in [0.1, 0.15) is 19.4 Å². The van der Waals surface area contributed by atoms with E-state index in [9.17, 15) is 14.9 Å².